The van der Waals surface area contributed by atoms with Gasteiger partial charge in [-0.05, 0) is 80.9 Å². The number of piperazine rings is 1. The third kappa shape index (κ3) is 5.28. The van der Waals surface area contributed by atoms with Gasteiger partial charge < -0.3 is 20.2 Å². The maximum absolute atomic E-state index is 16.6. The summed E-state index contributed by atoms with van der Waals surface area (Å²) in [7, 11) is 4.17. The average molecular weight is 548 g/mol. The number of aromatic hydroxyl groups is 1. The Morgan fingerprint density at radius 3 is 2.56 bits per heavy atom. The predicted molar refractivity (Wildman–Crippen MR) is 157 cm³/mol. The molecule has 2 aliphatic rings. The van der Waals surface area contributed by atoms with Gasteiger partial charge in [-0.25, -0.2) is 14.4 Å². The van der Waals surface area contributed by atoms with Crippen molar-refractivity contribution >= 4 is 39.1 Å². The number of phenolic OH excluding ortho intramolecular Hbond substituents is 1. The fraction of sp³-hybridized carbons (Fsp3) is 0.419. The van der Waals surface area contributed by atoms with E-state index in [0.29, 0.717) is 40.8 Å². The molecular weight excluding hydrogens is 513 g/mol. The SMILES string of the molecule is CN(C)CCCCCc1nc(N2CC3CCC(C2)N3)c2cc(Cl)c(-c3cc(O)cc4ccccc34)c(F)c2n1. The number of anilines is 1. The van der Waals surface area contributed by atoms with Crippen LogP contribution in [0, 0.1) is 5.82 Å². The molecule has 2 aliphatic heterocycles. The van der Waals surface area contributed by atoms with E-state index in [1.54, 1.807) is 12.1 Å². The maximum atomic E-state index is 16.6. The molecule has 2 bridgehead atoms. The van der Waals surface area contributed by atoms with Crippen molar-refractivity contribution in [2.24, 2.45) is 0 Å². The molecule has 0 saturated carbocycles. The summed E-state index contributed by atoms with van der Waals surface area (Å²) in [5, 5.41) is 16.7. The summed E-state index contributed by atoms with van der Waals surface area (Å²) in [5.41, 5.74) is 1.11. The van der Waals surface area contributed by atoms with Crippen molar-refractivity contribution in [1.82, 2.24) is 20.2 Å². The van der Waals surface area contributed by atoms with Crippen molar-refractivity contribution in [2.75, 3.05) is 38.6 Å². The van der Waals surface area contributed by atoms with E-state index in [0.717, 1.165) is 68.3 Å². The predicted octanol–water partition coefficient (Wildman–Crippen LogP) is 6.16. The number of fused-ring (bicyclic) bond motifs is 4. The van der Waals surface area contributed by atoms with Crippen LogP contribution in [0.4, 0.5) is 10.2 Å². The molecule has 1 aromatic heterocycles. The molecule has 6 nitrogen and oxygen atoms in total. The molecule has 2 N–H and O–H groups in total. The van der Waals surface area contributed by atoms with Gasteiger partial charge in [0, 0.05) is 42.5 Å². The summed E-state index contributed by atoms with van der Waals surface area (Å²) in [6.07, 6.45) is 6.11. The Hall–Kier alpha value is -3.00. The smallest absolute Gasteiger partial charge is 0.158 e. The number of nitrogens with one attached hydrogen (secondary N) is 1. The van der Waals surface area contributed by atoms with E-state index in [1.807, 2.05) is 30.3 Å². The molecule has 0 spiro atoms. The molecule has 2 saturated heterocycles. The van der Waals surface area contributed by atoms with Crippen LogP contribution in [0.5, 0.6) is 5.75 Å². The summed E-state index contributed by atoms with van der Waals surface area (Å²) in [4.78, 5) is 14.3. The van der Waals surface area contributed by atoms with Crippen molar-refractivity contribution in [3.8, 4) is 16.9 Å². The van der Waals surface area contributed by atoms with Crippen molar-refractivity contribution in [1.29, 1.82) is 0 Å². The molecule has 8 heteroatoms. The van der Waals surface area contributed by atoms with Gasteiger partial charge in [-0.2, -0.15) is 0 Å². The van der Waals surface area contributed by atoms with Crippen LogP contribution >= 0.6 is 11.6 Å². The van der Waals surface area contributed by atoms with Crippen LogP contribution in [-0.4, -0.2) is 65.8 Å². The van der Waals surface area contributed by atoms with Crippen LogP contribution in [0.1, 0.15) is 37.9 Å². The number of aryl methyl sites for hydroxylation is 1. The minimum atomic E-state index is -0.469. The van der Waals surface area contributed by atoms with E-state index in [4.69, 9.17) is 21.6 Å². The van der Waals surface area contributed by atoms with Crippen LogP contribution in [0.2, 0.25) is 5.02 Å². The molecule has 2 fully saturated rings. The van der Waals surface area contributed by atoms with E-state index in [9.17, 15) is 5.11 Å². The Labute approximate surface area is 233 Å². The second kappa shape index (κ2) is 10.9. The van der Waals surface area contributed by atoms with Gasteiger partial charge >= 0.3 is 0 Å². The summed E-state index contributed by atoms with van der Waals surface area (Å²) in [5.74, 6) is 1.04. The maximum Gasteiger partial charge on any atom is 0.158 e. The van der Waals surface area contributed by atoms with Gasteiger partial charge in [0.15, 0.2) is 5.82 Å². The first-order chi connectivity index (χ1) is 18.9. The van der Waals surface area contributed by atoms with Gasteiger partial charge in [-0.1, -0.05) is 42.3 Å². The lowest BCUT2D eigenvalue weighted by atomic mass is 9.96. The number of halogens is 2. The Morgan fingerprint density at radius 2 is 1.79 bits per heavy atom. The van der Waals surface area contributed by atoms with Crippen LogP contribution < -0.4 is 10.2 Å². The fourth-order valence-corrected chi connectivity index (χ4v) is 6.48. The van der Waals surface area contributed by atoms with E-state index < -0.39 is 5.82 Å². The lowest BCUT2D eigenvalue weighted by molar-refractivity contribution is 0.391. The number of rotatable bonds is 8. The van der Waals surface area contributed by atoms with E-state index in [1.165, 1.54) is 0 Å². The van der Waals surface area contributed by atoms with E-state index >= 15 is 4.39 Å². The number of unbranched alkanes of at least 4 members (excludes halogenated alkanes) is 2. The van der Waals surface area contributed by atoms with Crippen LogP contribution in [0.15, 0.2) is 42.5 Å². The summed E-state index contributed by atoms with van der Waals surface area (Å²) in [6, 6.07) is 13.5. The Morgan fingerprint density at radius 1 is 1.03 bits per heavy atom. The Balaban J connectivity index is 1.46. The average Bonchev–Trinajstić information content (AvgIpc) is 3.25. The molecule has 6 rings (SSSR count). The standard InChI is InChI=1S/C31H35ClFN5O/c1-37(2)13-7-3-4-10-27-35-30-25(31(36-27)38-17-20-11-12-21(18-38)34-20)16-26(32)28(29(30)33)24-15-22(39)14-19-8-5-6-9-23(19)24/h5-6,8-9,14-16,20-21,34,39H,3-4,7,10-13,17-18H2,1-2H3. The number of phenols is 1. The normalized spacial score (nSPS) is 19.1. The Bertz CT molecular complexity index is 1510. The topological polar surface area (TPSA) is 64.5 Å². The van der Waals surface area contributed by atoms with E-state index in [2.05, 4.69) is 29.2 Å². The van der Waals surface area contributed by atoms with Crippen molar-refractivity contribution < 1.29 is 9.50 Å². The number of aromatic nitrogens is 2. The third-order valence-electron chi connectivity index (χ3n) is 8.05. The second-order valence-electron chi connectivity index (χ2n) is 11.3. The molecule has 2 atom stereocenters. The summed E-state index contributed by atoms with van der Waals surface area (Å²) in [6.45, 7) is 2.72. The first-order valence-electron chi connectivity index (χ1n) is 13.9. The van der Waals surface area contributed by atoms with Gasteiger partial charge in [0.2, 0.25) is 0 Å². The lowest BCUT2D eigenvalue weighted by Gasteiger charge is -2.34. The third-order valence-corrected chi connectivity index (χ3v) is 8.34. The highest BCUT2D eigenvalue weighted by atomic mass is 35.5. The van der Waals surface area contributed by atoms with Crippen LogP contribution in [0.25, 0.3) is 32.8 Å². The van der Waals surface area contributed by atoms with Gasteiger partial charge in [0.05, 0.1) is 5.02 Å². The molecule has 0 radical (unpaired) electrons. The molecule has 39 heavy (non-hydrogen) atoms. The van der Waals surface area contributed by atoms with Gasteiger partial charge in [0.25, 0.3) is 0 Å². The molecule has 3 aromatic carbocycles. The van der Waals surface area contributed by atoms with Crippen molar-refractivity contribution in [2.45, 2.75) is 50.6 Å². The molecule has 0 aliphatic carbocycles. The number of benzene rings is 3. The first-order valence-corrected chi connectivity index (χ1v) is 14.3. The highest BCUT2D eigenvalue weighted by molar-refractivity contribution is 6.35. The molecular formula is C31H35ClFN5O. The number of hydrogen-bond donors (Lipinski definition) is 2. The minimum Gasteiger partial charge on any atom is -0.508 e. The quantitative estimate of drug-likeness (QED) is 0.257. The molecule has 0 amide bonds. The van der Waals surface area contributed by atoms with Crippen molar-refractivity contribution in [3.63, 3.8) is 0 Å². The highest BCUT2D eigenvalue weighted by Crippen LogP contribution is 2.42. The summed E-state index contributed by atoms with van der Waals surface area (Å²) >= 11 is 6.85. The molecule has 2 unspecified atom stereocenters. The second-order valence-corrected chi connectivity index (χ2v) is 11.7. The minimum absolute atomic E-state index is 0.0670. The van der Waals surface area contributed by atoms with Gasteiger partial charge in [-0.3, -0.25) is 0 Å². The largest absolute Gasteiger partial charge is 0.508 e. The number of nitrogens with zero attached hydrogens (tertiary/aromatic N) is 4. The van der Waals surface area contributed by atoms with E-state index in [-0.39, 0.29) is 16.3 Å². The molecule has 4 aromatic rings. The Kier molecular flexibility index (Phi) is 7.31. The first kappa shape index (κ1) is 26.2. The monoisotopic (exact) mass is 547 g/mol. The zero-order valence-corrected chi connectivity index (χ0v) is 23.3. The summed E-state index contributed by atoms with van der Waals surface area (Å²) < 4.78 is 16.6. The molecule has 3 heterocycles. The van der Waals surface area contributed by atoms with Crippen LogP contribution in [-0.2, 0) is 6.42 Å². The van der Waals surface area contributed by atoms with Crippen molar-refractivity contribution in [3.05, 3.63) is 59.1 Å². The van der Waals surface area contributed by atoms with Crippen LogP contribution in [0.3, 0.4) is 0 Å². The number of hydrogen-bond acceptors (Lipinski definition) is 6. The molecule has 204 valence electrons. The van der Waals surface area contributed by atoms with Gasteiger partial charge in [0.1, 0.15) is 22.9 Å². The highest BCUT2D eigenvalue weighted by Gasteiger charge is 2.34. The zero-order valence-electron chi connectivity index (χ0n) is 22.6. The fourth-order valence-electron chi connectivity index (χ4n) is 6.18. The lowest BCUT2D eigenvalue weighted by Crippen LogP contribution is -2.51. The van der Waals surface area contributed by atoms with Gasteiger partial charge in [-0.15, -0.1) is 0 Å². The zero-order chi connectivity index (χ0) is 27.1.